The number of hydrogen-bond acceptors (Lipinski definition) is 4. The quantitative estimate of drug-likeness (QED) is 0.724. The molecule has 5 nitrogen and oxygen atoms in total. The molecule has 2 heterocycles. The molecule has 0 spiro atoms. The van der Waals surface area contributed by atoms with Gasteiger partial charge in [0, 0.05) is 12.4 Å². The Labute approximate surface area is 90.3 Å². The number of nitrogens with one attached hydrogen (secondary N) is 2. The normalized spacial score (nSPS) is 10.1. The molecule has 0 aliphatic heterocycles. The molecule has 6 heteroatoms. The highest BCUT2D eigenvalue weighted by Gasteiger charge is 2.10. The molecule has 0 unspecified atom stereocenters. The van der Waals surface area contributed by atoms with Gasteiger partial charge in [-0.2, -0.15) is 0 Å². The zero-order valence-corrected chi connectivity index (χ0v) is 8.67. The molecule has 0 aromatic carbocycles. The Balaban J connectivity index is 1.96. The average molecular weight is 222 g/mol. The van der Waals surface area contributed by atoms with Crippen LogP contribution >= 0.6 is 11.3 Å². The van der Waals surface area contributed by atoms with E-state index in [1.165, 1.54) is 11.3 Å². The maximum absolute atomic E-state index is 11.6. The Hall–Kier alpha value is -1.82. The second kappa shape index (κ2) is 4.14. The molecule has 2 rings (SSSR count). The number of nitrogens with two attached hydrogens (primary N) is 1. The van der Waals surface area contributed by atoms with Crippen LogP contribution in [0.1, 0.15) is 15.5 Å². The van der Waals surface area contributed by atoms with Gasteiger partial charge in [0.1, 0.15) is 10.7 Å². The van der Waals surface area contributed by atoms with Crippen molar-refractivity contribution in [2.45, 2.75) is 6.54 Å². The number of anilines is 1. The summed E-state index contributed by atoms with van der Waals surface area (Å²) >= 11 is 1.33. The van der Waals surface area contributed by atoms with Crippen LogP contribution in [0.15, 0.2) is 23.8 Å². The second-order valence-electron chi connectivity index (χ2n) is 2.92. The fourth-order valence-corrected chi connectivity index (χ4v) is 1.88. The first-order valence-electron chi connectivity index (χ1n) is 4.37. The van der Waals surface area contributed by atoms with Gasteiger partial charge >= 0.3 is 0 Å². The van der Waals surface area contributed by atoms with Crippen LogP contribution in [0.3, 0.4) is 0 Å². The number of carbonyl (C=O) groups is 1. The van der Waals surface area contributed by atoms with E-state index in [1.807, 2.05) is 0 Å². The monoisotopic (exact) mass is 222 g/mol. The van der Waals surface area contributed by atoms with Gasteiger partial charge in [0.25, 0.3) is 5.91 Å². The number of nitrogen functional groups attached to an aromatic ring is 1. The molecule has 2 aromatic rings. The first kappa shape index (κ1) is 9.72. The Kier molecular flexibility index (Phi) is 2.68. The molecule has 15 heavy (non-hydrogen) atoms. The van der Waals surface area contributed by atoms with Crippen molar-refractivity contribution < 1.29 is 4.79 Å². The van der Waals surface area contributed by atoms with E-state index in [1.54, 1.807) is 23.8 Å². The summed E-state index contributed by atoms with van der Waals surface area (Å²) in [6.45, 7) is 0.378. The summed E-state index contributed by atoms with van der Waals surface area (Å²) in [6, 6.07) is 1.71. The van der Waals surface area contributed by atoms with Crippen LogP contribution in [0.2, 0.25) is 0 Å². The maximum atomic E-state index is 11.6. The Morgan fingerprint density at radius 2 is 2.53 bits per heavy atom. The van der Waals surface area contributed by atoms with E-state index in [0.29, 0.717) is 17.1 Å². The fourth-order valence-electron chi connectivity index (χ4n) is 1.14. The van der Waals surface area contributed by atoms with Gasteiger partial charge in [-0.3, -0.25) is 4.79 Å². The molecular formula is C9H10N4OS. The Bertz CT molecular complexity index is 448. The molecule has 0 saturated carbocycles. The smallest absolute Gasteiger partial charge is 0.263 e. The predicted molar refractivity (Wildman–Crippen MR) is 58.5 cm³/mol. The largest absolute Gasteiger partial charge is 0.397 e. The third-order valence-corrected chi connectivity index (χ3v) is 2.80. The van der Waals surface area contributed by atoms with E-state index in [9.17, 15) is 4.79 Å². The zero-order chi connectivity index (χ0) is 10.7. The summed E-state index contributed by atoms with van der Waals surface area (Å²) in [5.74, 6) is 0.553. The molecule has 78 valence electrons. The predicted octanol–water partition coefficient (Wildman–Crippen LogP) is 0.983. The SMILES string of the molecule is Nc1ccsc1C(=O)NCc1ncc[nH]1. The van der Waals surface area contributed by atoms with Crippen LogP contribution in [0.4, 0.5) is 5.69 Å². The van der Waals surface area contributed by atoms with Gasteiger partial charge in [0.05, 0.1) is 12.2 Å². The molecule has 0 aliphatic carbocycles. The maximum Gasteiger partial charge on any atom is 0.263 e. The molecule has 4 N–H and O–H groups in total. The number of rotatable bonds is 3. The van der Waals surface area contributed by atoms with Crippen molar-refractivity contribution in [3.05, 3.63) is 34.5 Å². The number of nitrogens with zero attached hydrogens (tertiary/aromatic N) is 1. The van der Waals surface area contributed by atoms with E-state index in [2.05, 4.69) is 15.3 Å². The van der Waals surface area contributed by atoms with Gasteiger partial charge in [-0.15, -0.1) is 11.3 Å². The Morgan fingerprint density at radius 3 is 3.13 bits per heavy atom. The number of thiophene rings is 1. The third kappa shape index (κ3) is 2.16. The van der Waals surface area contributed by atoms with E-state index >= 15 is 0 Å². The van der Waals surface area contributed by atoms with Crippen LogP contribution in [0.25, 0.3) is 0 Å². The fraction of sp³-hybridized carbons (Fsp3) is 0.111. The highest BCUT2D eigenvalue weighted by Crippen LogP contribution is 2.18. The van der Waals surface area contributed by atoms with Crippen LogP contribution < -0.4 is 11.1 Å². The molecule has 0 aliphatic rings. The van der Waals surface area contributed by atoms with Crippen LogP contribution in [-0.2, 0) is 6.54 Å². The second-order valence-corrected chi connectivity index (χ2v) is 3.84. The zero-order valence-electron chi connectivity index (χ0n) is 7.86. The third-order valence-electron chi connectivity index (χ3n) is 1.87. The molecular weight excluding hydrogens is 212 g/mol. The first-order valence-corrected chi connectivity index (χ1v) is 5.25. The van der Waals surface area contributed by atoms with Gasteiger partial charge in [0.15, 0.2) is 0 Å². The minimum Gasteiger partial charge on any atom is -0.397 e. The van der Waals surface area contributed by atoms with Crippen LogP contribution in [-0.4, -0.2) is 15.9 Å². The number of hydrogen-bond donors (Lipinski definition) is 3. The molecule has 1 amide bonds. The molecule has 0 radical (unpaired) electrons. The van der Waals surface area contributed by atoms with E-state index < -0.39 is 0 Å². The summed E-state index contributed by atoms with van der Waals surface area (Å²) in [6.07, 6.45) is 3.35. The number of amides is 1. The highest BCUT2D eigenvalue weighted by atomic mass is 32.1. The number of H-pyrrole nitrogens is 1. The molecule has 0 atom stereocenters. The molecule has 0 fully saturated rings. The summed E-state index contributed by atoms with van der Waals surface area (Å²) < 4.78 is 0. The van der Waals surface area contributed by atoms with Crippen molar-refractivity contribution in [3.8, 4) is 0 Å². The van der Waals surface area contributed by atoms with Crippen molar-refractivity contribution in [1.29, 1.82) is 0 Å². The summed E-state index contributed by atoms with van der Waals surface area (Å²) in [5.41, 5.74) is 6.13. The first-order chi connectivity index (χ1) is 7.27. The van der Waals surface area contributed by atoms with Crippen molar-refractivity contribution in [2.75, 3.05) is 5.73 Å². The van der Waals surface area contributed by atoms with Gasteiger partial charge in [0.2, 0.25) is 0 Å². The van der Waals surface area contributed by atoms with E-state index in [0.717, 1.165) is 5.82 Å². The van der Waals surface area contributed by atoms with Crippen molar-refractivity contribution >= 4 is 22.9 Å². The van der Waals surface area contributed by atoms with Gasteiger partial charge < -0.3 is 16.0 Å². The highest BCUT2D eigenvalue weighted by molar-refractivity contribution is 7.12. The number of carbonyl (C=O) groups excluding carboxylic acids is 1. The van der Waals surface area contributed by atoms with Crippen molar-refractivity contribution in [3.63, 3.8) is 0 Å². The summed E-state index contributed by atoms with van der Waals surface area (Å²) in [5, 5.41) is 4.51. The molecule has 0 saturated heterocycles. The summed E-state index contributed by atoms with van der Waals surface area (Å²) in [4.78, 5) is 19.0. The number of aromatic nitrogens is 2. The Morgan fingerprint density at radius 1 is 1.67 bits per heavy atom. The van der Waals surface area contributed by atoms with Crippen molar-refractivity contribution in [2.24, 2.45) is 0 Å². The summed E-state index contributed by atoms with van der Waals surface area (Å²) in [7, 11) is 0. The van der Waals surface area contributed by atoms with E-state index in [-0.39, 0.29) is 5.91 Å². The average Bonchev–Trinajstić information content (AvgIpc) is 2.84. The van der Waals surface area contributed by atoms with Gasteiger partial charge in [-0.25, -0.2) is 4.98 Å². The van der Waals surface area contributed by atoms with Crippen molar-refractivity contribution in [1.82, 2.24) is 15.3 Å². The van der Waals surface area contributed by atoms with E-state index in [4.69, 9.17) is 5.73 Å². The van der Waals surface area contributed by atoms with Crippen LogP contribution in [0.5, 0.6) is 0 Å². The lowest BCUT2D eigenvalue weighted by atomic mass is 10.4. The standard InChI is InChI=1S/C9H10N4OS/c10-6-1-4-15-8(6)9(14)13-5-7-11-2-3-12-7/h1-4H,5,10H2,(H,11,12)(H,13,14). The number of imidazole rings is 1. The van der Waals surface area contributed by atoms with Gasteiger partial charge in [-0.05, 0) is 11.4 Å². The number of aromatic amines is 1. The lowest BCUT2D eigenvalue weighted by Gasteiger charge is -2.01. The minimum absolute atomic E-state index is 0.168. The van der Waals surface area contributed by atoms with Crippen LogP contribution in [0, 0.1) is 0 Å². The molecule has 2 aromatic heterocycles. The minimum atomic E-state index is -0.168. The molecule has 0 bridgehead atoms. The van der Waals surface area contributed by atoms with Gasteiger partial charge in [-0.1, -0.05) is 0 Å². The lowest BCUT2D eigenvalue weighted by molar-refractivity contribution is 0.0955. The lowest BCUT2D eigenvalue weighted by Crippen LogP contribution is -2.23. The topological polar surface area (TPSA) is 83.8 Å².